The fraction of sp³-hybridized carbons (Fsp3) is 0.333. The molecule has 2 rings (SSSR count). The second-order valence-corrected chi connectivity index (χ2v) is 5.54. The number of hydrogen-bond acceptors (Lipinski definition) is 4. The molecule has 0 radical (unpaired) electrons. The molecule has 1 aromatic carbocycles. The molecule has 1 unspecified atom stereocenters. The number of phenols is 2. The minimum atomic E-state index is -0.0767. The van der Waals surface area contributed by atoms with Crippen molar-refractivity contribution in [1.82, 2.24) is 5.32 Å². The van der Waals surface area contributed by atoms with Gasteiger partial charge in [-0.1, -0.05) is 25.5 Å². The van der Waals surface area contributed by atoms with Gasteiger partial charge in [0.2, 0.25) is 0 Å². The van der Waals surface area contributed by atoms with E-state index in [1.165, 1.54) is 10.9 Å². The molecule has 0 aliphatic rings. The molecule has 1 aromatic heterocycles. The highest BCUT2D eigenvalue weighted by Crippen LogP contribution is 2.26. The van der Waals surface area contributed by atoms with Crippen LogP contribution in [0.25, 0.3) is 0 Å². The van der Waals surface area contributed by atoms with Crippen LogP contribution in [0.5, 0.6) is 11.5 Å². The number of nitrogens with one attached hydrogen (secondary N) is 1. The molecule has 102 valence electrons. The van der Waals surface area contributed by atoms with Crippen LogP contribution in [0.1, 0.15) is 36.2 Å². The van der Waals surface area contributed by atoms with Crippen molar-refractivity contribution in [2.24, 2.45) is 0 Å². The number of rotatable bonds is 6. The zero-order chi connectivity index (χ0) is 13.7. The molecule has 0 bridgehead atoms. The molecule has 0 aliphatic carbocycles. The van der Waals surface area contributed by atoms with Crippen LogP contribution < -0.4 is 5.32 Å². The molecule has 1 heterocycles. The largest absolute Gasteiger partial charge is 0.504 e. The van der Waals surface area contributed by atoms with E-state index < -0.39 is 0 Å². The standard InChI is InChI=1S/C15H19NO2S/c1-2-4-12(15-5-3-8-19-15)16-10-11-6-7-13(17)14(18)9-11/h3,5-9,12,16-18H,2,4,10H2,1H3. The van der Waals surface area contributed by atoms with E-state index in [2.05, 4.69) is 29.8 Å². The van der Waals surface area contributed by atoms with Crippen molar-refractivity contribution in [3.63, 3.8) is 0 Å². The van der Waals surface area contributed by atoms with Crippen LogP contribution >= 0.6 is 11.3 Å². The lowest BCUT2D eigenvalue weighted by Gasteiger charge is -2.17. The lowest BCUT2D eigenvalue weighted by molar-refractivity contribution is 0.402. The molecule has 2 aromatic rings. The maximum Gasteiger partial charge on any atom is 0.157 e. The van der Waals surface area contributed by atoms with Crippen LogP contribution in [-0.4, -0.2) is 10.2 Å². The minimum absolute atomic E-state index is 0.0672. The van der Waals surface area contributed by atoms with Crippen LogP contribution in [0.2, 0.25) is 0 Å². The molecule has 19 heavy (non-hydrogen) atoms. The highest BCUT2D eigenvalue weighted by molar-refractivity contribution is 7.10. The zero-order valence-electron chi connectivity index (χ0n) is 11.0. The molecular formula is C15H19NO2S. The van der Waals surface area contributed by atoms with E-state index in [-0.39, 0.29) is 11.5 Å². The molecule has 0 amide bonds. The first-order chi connectivity index (χ1) is 9.20. The van der Waals surface area contributed by atoms with Gasteiger partial charge in [-0.2, -0.15) is 0 Å². The Balaban J connectivity index is 2.00. The molecule has 0 saturated heterocycles. The molecular weight excluding hydrogens is 258 g/mol. The number of hydrogen-bond donors (Lipinski definition) is 3. The summed E-state index contributed by atoms with van der Waals surface area (Å²) in [5, 5.41) is 24.4. The van der Waals surface area contributed by atoms with Crippen molar-refractivity contribution in [1.29, 1.82) is 0 Å². The maximum absolute atomic E-state index is 9.48. The van der Waals surface area contributed by atoms with Gasteiger partial charge >= 0.3 is 0 Å². The lowest BCUT2D eigenvalue weighted by atomic mass is 10.1. The summed E-state index contributed by atoms with van der Waals surface area (Å²) < 4.78 is 0. The van der Waals surface area contributed by atoms with Crippen LogP contribution in [-0.2, 0) is 6.54 Å². The number of aromatic hydroxyl groups is 2. The van der Waals surface area contributed by atoms with Gasteiger partial charge in [0.25, 0.3) is 0 Å². The molecule has 3 N–H and O–H groups in total. The Kier molecular flexibility index (Phi) is 4.82. The Morgan fingerprint density at radius 1 is 1.21 bits per heavy atom. The summed E-state index contributed by atoms with van der Waals surface area (Å²) >= 11 is 1.76. The van der Waals surface area contributed by atoms with Crippen molar-refractivity contribution in [2.75, 3.05) is 0 Å². The van der Waals surface area contributed by atoms with Gasteiger partial charge in [0, 0.05) is 17.5 Å². The summed E-state index contributed by atoms with van der Waals surface area (Å²) in [4.78, 5) is 1.34. The van der Waals surface area contributed by atoms with Crippen molar-refractivity contribution >= 4 is 11.3 Å². The third-order valence-electron chi connectivity index (χ3n) is 3.06. The predicted octanol–water partition coefficient (Wildman–Crippen LogP) is 3.79. The van der Waals surface area contributed by atoms with Crippen molar-refractivity contribution in [3.05, 3.63) is 46.2 Å². The molecule has 0 fully saturated rings. The van der Waals surface area contributed by atoms with E-state index in [0.29, 0.717) is 12.6 Å². The van der Waals surface area contributed by atoms with Crippen LogP contribution in [0.3, 0.4) is 0 Å². The van der Waals surface area contributed by atoms with E-state index in [1.807, 2.05) is 6.07 Å². The summed E-state index contributed by atoms with van der Waals surface area (Å²) in [6.07, 6.45) is 2.21. The quantitative estimate of drug-likeness (QED) is 0.704. The van der Waals surface area contributed by atoms with Gasteiger partial charge < -0.3 is 15.5 Å². The summed E-state index contributed by atoms with van der Waals surface area (Å²) in [7, 11) is 0. The molecule has 3 nitrogen and oxygen atoms in total. The van der Waals surface area contributed by atoms with Gasteiger partial charge in [0.15, 0.2) is 11.5 Å². The highest BCUT2D eigenvalue weighted by Gasteiger charge is 2.11. The van der Waals surface area contributed by atoms with E-state index in [4.69, 9.17) is 0 Å². The Labute approximate surface area is 117 Å². The van der Waals surface area contributed by atoms with Gasteiger partial charge in [-0.05, 0) is 35.6 Å². The smallest absolute Gasteiger partial charge is 0.157 e. The maximum atomic E-state index is 9.48. The zero-order valence-corrected chi connectivity index (χ0v) is 11.8. The molecule has 0 aliphatic heterocycles. The third kappa shape index (κ3) is 3.72. The number of thiophene rings is 1. The predicted molar refractivity (Wildman–Crippen MR) is 78.6 cm³/mol. The highest BCUT2D eigenvalue weighted by atomic mass is 32.1. The van der Waals surface area contributed by atoms with Crippen LogP contribution in [0, 0.1) is 0 Å². The Hall–Kier alpha value is -1.52. The van der Waals surface area contributed by atoms with E-state index in [1.54, 1.807) is 17.4 Å². The van der Waals surface area contributed by atoms with Crippen molar-refractivity contribution in [3.8, 4) is 11.5 Å². The Morgan fingerprint density at radius 3 is 2.68 bits per heavy atom. The summed E-state index contributed by atoms with van der Waals surface area (Å²) in [6.45, 7) is 2.85. The first-order valence-corrected chi connectivity index (χ1v) is 7.36. The summed E-state index contributed by atoms with van der Waals surface area (Å²) in [5.74, 6) is -0.144. The van der Waals surface area contributed by atoms with Crippen molar-refractivity contribution < 1.29 is 10.2 Å². The Morgan fingerprint density at radius 2 is 2.05 bits per heavy atom. The van der Waals surface area contributed by atoms with Gasteiger partial charge in [-0.25, -0.2) is 0 Å². The fourth-order valence-electron chi connectivity index (χ4n) is 2.04. The van der Waals surface area contributed by atoms with E-state index in [9.17, 15) is 10.2 Å². The van der Waals surface area contributed by atoms with Gasteiger partial charge in [0.05, 0.1) is 0 Å². The first kappa shape index (κ1) is 13.9. The third-order valence-corrected chi connectivity index (χ3v) is 4.04. The monoisotopic (exact) mass is 277 g/mol. The van der Waals surface area contributed by atoms with Crippen molar-refractivity contribution in [2.45, 2.75) is 32.4 Å². The van der Waals surface area contributed by atoms with Gasteiger partial charge in [-0.3, -0.25) is 0 Å². The van der Waals surface area contributed by atoms with Crippen LogP contribution in [0.15, 0.2) is 35.7 Å². The second-order valence-electron chi connectivity index (χ2n) is 4.56. The fourth-order valence-corrected chi connectivity index (χ4v) is 2.88. The van der Waals surface area contributed by atoms with E-state index >= 15 is 0 Å². The van der Waals surface area contributed by atoms with Gasteiger partial charge in [-0.15, -0.1) is 11.3 Å². The topological polar surface area (TPSA) is 52.5 Å². The first-order valence-electron chi connectivity index (χ1n) is 6.48. The molecule has 1 atom stereocenters. The lowest BCUT2D eigenvalue weighted by Crippen LogP contribution is -2.19. The normalized spacial score (nSPS) is 12.5. The molecule has 0 saturated carbocycles. The summed E-state index contributed by atoms with van der Waals surface area (Å²) in [5.41, 5.74) is 0.966. The second kappa shape index (κ2) is 6.59. The van der Waals surface area contributed by atoms with E-state index in [0.717, 1.165) is 18.4 Å². The molecule has 4 heteroatoms. The van der Waals surface area contributed by atoms with Gasteiger partial charge in [0.1, 0.15) is 0 Å². The Bertz CT molecular complexity index is 511. The molecule has 0 spiro atoms. The summed E-state index contributed by atoms with van der Waals surface area (Å²) in [6, 6.07) is 9.50. The number of benzene rings is 1. The average Bonchev–Trinajstić information content (AvgIpc) is 2.92. The average molecular weight is 277 g/mol. The number of phenolic OH excluding ortho intramolecular Hbond substituents is 2. The SMILES string of the molecule is CCCC(NCc1ccc(O)c(O)c1)c1cccs1. The minimum Gasteiger partial charge on any atom is -0.504 e. The van der Waals surface area contributed by atoms with Crippen LogP contribution in [0.4, 0.5) is 0 Å².